The first kappa shape index (κ1) is 12.0. The molecule has 0 spiro atoms. The third kappa shape index (κ3) is 1.92. The second kappa shape index (κ2) is 4.57. The number of anilines is 1. The van der Waals surface area contributed by atoms with Crippen molar-refractivity contribution in [2.75, 3.05) is 18.4 Å². The molecule has 0 saturated carbocycles. The number of hydrogen-bond acceptors (Lipinski definition) is 3. The van der Waals surface area contributed by atoms with Gasteiger partial charge in [0.05, 0.1) is 17.1 Å². The highest BCUT2D eigenvalue weighted by molar-refractivity contribution is 5.53. The van der Waals surface area contributed by atoms with Crippen molar-refractivity contribution in [3.05, 3.63) is 11.4 Å². The molecular weight excluding hydrogens is 224 g/mol. The van der Waals surface area contributed by atoms with E-state index in [4.69, 9.17) is 0 Å². The first-order valence-electron chi connectivity index (χ1n) is 7.17. The summed E-state index contributed by atoms with van der Waals surface area (Å²) in [5.74, 6) is 0. The van der Waals surface area contributed by atoms with Crippen molar-refractivity contribution in [2.45, 2.75) is 51.6 Å². The quantitative estimate of drug-likeness (QED) is 0.870. The van der Waals surface area contributed by atoms with Crippen LogP contribution in [-0.2, 0) is 7.05 Å². The summed E-state index contributed by atoms with van der Waals surface area (Å²) in [7, 11) is 2.02. The van der Waals surface area contributed by atoms with Gasteiger partial charge in [-0.2, -0.15) is 5.10 Å². The summed E-state index contributed by atoms with van der Waals surface area (Å²) in [6.45, 7) is 6.81. The van der Waals surface area contributed by atoms with Crippen molar-refractivity contribution in [3.63, 3.8) is 0 Å². The van der Waals surface area contributed by atoms with E-state index in [0.717, 1.165) is 11.7 Å². The summed E-state index contributed by atoms with van der Waals surface area (Å²) in [5, 5.41) is 8.27. The van der Waals surface area contributed by atoms with Crippen LogP contribution in [0.4, 0.5) is 5.69 Å². The van der Waals surface area contributed by atoms with Gasteiger partial charge in [-0.1, -0.05) is 6.42 Å². The maximum absolute atomic E-state index is 4.50. The number of fused-ring (bicyclic) bond motifs is 1. The van der Waals surface area contributed by atoms with Gasteiger partial charge in [-0.25, -0.2) is 0 Å². The molecule has 1 N–H and O–H groups in total. The Bertz CT molecular complexity index is 437. The zero-order valence-corrected chi connectivity index (χ0v) is 11.7. The first-order chi connectivity index (χ1) is 8.66. The Labute approximate surface area is 109 Å². The largest absolute Gasteiger partial charge is 0.378 e. The second-order valence-electron chi connectivity index (χ2n) is 5.81. The summed E-state index contributed by atoms with van der Waals surface area (Å²) in [6, 6.07) is 1.37. The molecule has 1 aromatic heterocycles. The Kier molecular flexibility index (Phi) is 3.06. The van der Waals surface area contributed by atoms with Gasteiger partial charge in [0.2, 0.25) is 0 Å². The van der Waals surface area contributed by atoms with Gasteiger partial charge >= 0.3 is 0 Å². The Morgan fingerprint density at radius 2 is 2.00 bits per heavy atom. The zero-order chi connectivity index (χ0) is 12.7. The molecule has 2 aliphatic heterocycles. The second-order valence-corrected chi connectivity index (χ2v) is 5.81. The van der Waals surface area contributed by atoms with Gasteiger partial charge in [-0.15, -0.1) is 0 Å². The topological polar surface area (TPSA) is 33.1 Å². The summed E-state index contributed by atoms with van der Waals surface area (Å²) < 4.78 is 1.98. The van der Waals surface area contributed by atoms with E-state index in [1.807, 2.05) is 11.7 Å². The van der Waals surface area contributed by atoms with Gasteiger partial charge in [-0.05, 0) is 39.7 Å². The Morgan fingerprint density at radius 3 is 2.72 bits per heavy atom. The van der Waals surface area contributed by atoms with Crippen LogP contribution in [0.15, 0.2) is 0 Å². The lowest BCUT2D eigenvalue weighted by atomic mass is 9.99. The number of nitrogens with zero attached hydrogens (tertiary/aromatic N) is 3. The Morgan fingerprint density at radius 1 is 1.17 bits per heavy atom. The number of rotatable bonds is 2. The molecule has 0 aromatic carbocycles. The van der Waals surface area contributed by atoms with E-state index in [9.17, 15) is 0 Å². The van der Waals surface area contributed by atoms with Crippen LogP contribution in [0.5, 0.6) is 0 Å². The van der Waals surface area contributed by atoms with Crippen LogP contribution in [-0.4, -0.2) is 39.9 Å². The summed E-state index contributed by atoms with van der Waals surface area (Å²) in [5.41, 5.74) is 3.64. The highest BCUT2D eigenvalue weighted by Crippen LogP contribution is 2.30. The van der Waals surface area contributed by atoms with Crippen LogP contribution < -0.4 is 5.32 Å². The van der Waals surface area contributed by atoms with Crippen molar-refractivity contribution in [2.24, 2.45) is 7.05 Å². The number of nitrogens with one attached hydrogen (secondary N) is 1. The highest BCUT2D eigenvalue weighted by atomic mass is 15.3. The molecule has 4 heteroatoms. The van der Waals surface area contributed by atoms with Crippen molar-refractivity contribution in [3.8, 4) is 0 Å². The lowest BCUT2D eigenvalue weighted by Crippen LogP contribution is -2.41. The normalized spacial score (nSPS) is 28.4. The Balaban J connectivity index is 1.76. The number of hydrogen-bond donors (Lipinski definition) is 1. The van der Waals surface area contributed by atoms with E-state index < -0.39 is 0 Å². The molecule has 0 radical (unpaired) electrons. The van der Waals surface area contributed by atoms with E-state index in [-0.39, 0.29) is 0 Å². The molecule has 2 unspecified atom stereocenters. The molecule has 2 atom stereocenters. The van der Waals surface area contributed by atoms with Crippen molar-refractivity contribution < 1.29 is 0 Å². The maximum atomic E-state index is 4.50. The average Bonchev–Trinajstić information content (AvgIpc) is 2.87. The number of aryl methyl sites for hydroxylation is 2. The van der Waals surface area contributed by atoms with Crippen LogP contribution in [0.25, 0.3) is 0 Å². The fourth-order valence-corrected chi connectivity index (χ4v) is 3.58. The SMILES string of the molecule is Cc1nn(C)c(C)c1NC1CCN2CCCCC12. The van der Waals surface area contributed by atoms with Gasteiger partial charge < -0.3 is 5.32 Å². The lowest BCUT2D eigenvalue weighted by Gasteiger charge is -2.33. The molecule has 2 saturated heterocycles. The monoisotopic (exact) mass is 248 g/mol. The predicted octanol–water partition coefficient (Wildman–Crippen LogP) is 2.08. The minimum Gasteiger partial charge on any atom is -0.378 e. The summed E-state index contributed by atoms with van der Waals surface area (Å²) >= 11 is 0. The molecule has 18 heavy (non-hydrogen) atoms. The fourth-order valence-electron chi connectivity index (χ4n) is 3.58. The number of aromatic nitrogens is 2. The smallest absolute Gasteiger partial charge is 0.0827 e. The molecular formula is C14H24N4. The molecule has 3 rings (SSSR count). The van der Waals surface area contributed by atoms with Gasteiger partial charge in [0.25, 0.3) is 0 Å². The van der Waals surface area contributed by atoms with Crippen LogP contribution in [0.2, 0.25) is 0 Å². The van der Waals surface area contributed by atoms with E-state index in [2.05, 4.69) is 29.2 Å². The van der Waals surface area contributed by atoms with Crippen molar-refractivity contribution >= 4 is 5.69 Å². The molecule has 3 heterocycles. The molecule has 100 valence electrons. The molecule has 1 aromatic rings. The number of piperidine rings is 1. The van der Waals surface area contributed by atoms with E-state index >= 15 is 0 Å². The van der Waals surface area contributed by atoms with E-state index in [1.165, 1.54) is 50.2 Å². The minimum atomic E-state index is 0.617. The molecule has 0 bridgehead atoms. The van der Waals surface area contributed by atoms with Crippen molar-refractivity contribution in [1.29, 1.82) is 0 Å². The molecule has 4 nitrogen and oxygen atoms in total. The maximum Gasteiger partial charge on any atom is 0.0827 e. The fraction of sp³-hybridized carbons (Fsp3) is 0.786. The molecule has 2 fully saturated rings. The minimum absolute atomic E-state index is 0.617. The van der Waals surface area contributed by atoms with Crippen LogP contribution in [0, 0.1) is 13.8 Å². The third-order valence-corrected chi connectivity index (χ3v) is 4.69. The van der Waals surface area contributed by atoms with Crippen LogP contribution in [0.3, 0.4) is 0 Å². The van der Waals surface area contributed by atoms with Gasteiger partial charge in [0.1, 0.15) is 0 Å². The van der Waals surface area contributed by atoms with Gasteiger partial charge in [0, 0.05) is 25.7 Å². The highest BCUT2D eigenvalue weighted by Gasteiger charge is 2.35. The molecule has 2 aliphatic rings. The zero-order valence-electron chi connectivity index (χ0n) is 11.7. The molecule has 0 amide bonds. The first-order valence-corrected chi connectivity index (χ1v) is 7.17. The van der Waals surface area contributed by atoms with Crippen molar-refractivity contribution in [1.82, 2.24) is 14.7 Å². The molecule has 0 aliphatic carbocycles. The lowest BCUT2D eigenvalue weighted by molar-refractivity contribution is 0.192. The van der Waals surface area contributed by atoms with E-state index in [0.29, 0.717) is 6.04 Å². The van der Waals surface area contributed by atoms with Crippen LogP contribution in [0.1, 0.15) is 37.1 Å². The van der Waals surface area contributed by atoms with E-state index in [1.54, 1.807) is 0 Å². The Hall–Kier alpha value is -1.03. The third-order valence-electron chi connectivity index (χ3n) is 4.69. The summed E-state index contributed by atoms with van der Waals surface area (Å²) in [6.07, 6.45) is 5.41. The standard InChI is InChI=1S/C14H24N4/c1-10-14(11(2)17(3)16-10)15-12-7-9-18-8-5-4-6-13(12)18/h12-13,15H,4-9H2,1-3H3. The predicted molar refractivity (Wildman–Crippen MR) is 73.9 cm³/mol. The summed E-state index contributed by atoms with van der Waals surface area (Å²) in [4.78, 5) is 2.67. The van der Waals surface area contributed by atoms with Crippen LogP contribution >= 0.6 is 0 Å². The van der Waals surface area contributed by atoms with Gasteiger partial charge in [0.15, 0.2) is 0 Å². The van der Waals surface area contributed by atoms with Gasteiger partial charge in [-0.3, -0.25) is 9.58 Å². The average molecular weight is 248 g/mol.